The third-order valence-corrected chi connectivity index (χ3v) is 4.48. The van der Waals surface area contributed by atoms with Gasteiger partial charge < -0.3 is 5.32 Å². The number of fused-ring (bicyclic) bond motifs is 1. The lowest BCUT2D eigenvalue weighted by Gasteiger charge is -2.35. The van der Waals surface area contributed by atoms with Crippen LogP contribution in [0.1, 0.15) is 31.7 Å². The molecule has 2 unspecified atom stereocenters. The summed E-state index contributed by atoms with van der Waals surface area (Å²) in [7, 11) is 0. The molecule has 1 N–H and O–H groups in total. The van der Waals surface area contributed by atoms with Crippen molar-refractivity contribution in [3.05, 3.63) is 42.2 Å². The zero-order chi connectivity index (χ0) is 13.2. The molecule has 2 aromatic rings. The summed E-state index contributed by atoms with van der Waals surface area (Å²) in [5.41, 5.74) is 1.44. The van der Waals surface area contributed by atoms with Crippen molar-refractivity contribution in [2.45, 2.75) is 26.2 Å². The number of benzene rings is 1. The van der Waals surface area contributed by atoms with Gasteiger partial charge in [-0.3, -0.25) is 4.98 Å². The van der Waals surface area contributed by atoms with Crippen LogP contribution in [0.4, 0.5) is 0 Å². The van der Waals surface area contributed by atoms with E-state index in [0.29, 0.717) is 17.8 Å². The topological polar surface area (TPSA) is 24.9 Å². The van der Waals surface area contributed by atoms with E-state index in [-0.39, 0.29) is 0 Å². The van der Waals surface area contributed by atoms with Gasteiger partial charge in [0.25, 0.3) is 0 Å². The molecule has 1 aromatic heterocycles. The number of hydrogen-bond acceptors (Lipinski definition) is 2. The highest BCUT2D eigenvalue weighted by Crippen LogP contribution is 2.37. The van der Waals surface area contributed by atoms with Gasteiger partial charge in [-0.05, 0) is 48.2 Å². The predicted octanol–water partition coefficient (Wildman–Crippen LogP) is 3.58. The molecule has 1 fully saturated rings. The maximum Gasteiger partial charge on any atom is 0.0346 e. The average Bonchev–Trinajstić information content (AvgIpc) is 2.46. The van der Waals surface area contributed by atoms with Gasteiger partial charge in [0.05, 0.1) is 0 Å². The third kappa shape index (κ3) is 2.37. The van der Waals surface area contributed by atoms with Crippen molar-refractivity contribution < 1.29 is 0 Å². The van der Waals surface area contributed by atoms with Gasteiger partial charge >= 0.3 is 0 Å². The van der Waals surface area contributed by atoms with E-state index in [2.05, 4.69) is 54.6 Å². The van der Waals surface area contributed by atoms with Crippen LogP contribution in [0.3, 0.4) is 0 Å². The molecule has 2 heterocycles. The van der Waals surface area contributed by atoms with Crippen LogP contribution in [-0.2, 0) is 0 Å². The first-order chi connectivity index (χ1) is 9.27. The van der Waals surface area contributed by atoms with E-state index >= 15 is 0 Å². The molecule has 1 aliphatic rings. The van der Waals surface area contributed by atoms with Crippen molar-refractivity contribution in [3.8, 4) is 0 Å². The quantitative estimate of drug-likeness (QED) is 0.886. The summed E-state index contributed by atoms with van der Waals surface area (Å²) >= 11 is 0. The van der Waals surface area contributed by atoms with Gasteiger partial charge in [0.2, 0.25) is 0 Å². The van der Waals surface area contributed by atoms with Crippen LogP contribution in [-0.4, -0.2) is 18.1 Å². The summed E-state index contributed by atoms with van der Waals surface area (Å²) in [4.78, 5) is 4.46. The Balaban J connectivity index is 2.07. The number of nitrogens with one attached hydrogen (secondary N) is 1. The normalized spacial score (nSPS) is 23.9. The van der Waals surface area contributed by atoms with Gasteiger partial charge in [-0.25, -0.2) is 0 Å². The minimum Gasteiger partial charge on any atom is -0.316 e. The average molecular weight is 254 g/mol. The zero-order valence-corrected chi connectivity index (χ0v) is 11.8. The molecular weight excluding hydrogens is 232 g/mol. The molecule has 1 saturated heterocycles. The molecule has 2 nitrogen and oxygen atoms in total. The lowest BCUT2D eigenvalue weighted by molar-refractivity contribution is 0.256. The first-order valence-electron chi connectivity index (χ1n) is 7.30. The third-order valence-electron chi connectivity index (χ3n) is 4.48. The number of aromatic nitrogens is 1. The molecule has 1 aliphatic heterocycles. The molecule has 1 aromatic carbocycles. The van der Waals surface area contributed by atoms with E-state index in [1.54, 1.807) is 0 Å². The first-order valence-corrected chi connectivity index (χ1v) is 7.30. The van der Waals surface area contributed by atoms with Crippen LogP contribution in [0.2, 0.25) is 0 Å². The van der Waals surface area contributed by atoms with E-state index in [9.17, 15) is 0 Å². The molecule has 0 bridgehead atoms. The van der Waals surface area contributed by atoms with Crippen molar-refractivity contribution in [2.24, 2.45) is 11.8 Å². The lowest BCUT2D eigenvalue weighted by atomic mass is 9.75. The van der Waals surface area contributed by atoms with Crippen molar-refractivity contribution >= 4 is 10.8 Å². The van der Waals surface area contributed by atoms with Crippen molar-refractivity contribution in [3.63, 3.8) is 0 Å². The monoisotopic (exact) mass is 254 g/mol. The highest BCUT2D eigenvalue weighted by atomic mass is 14.9. The van der Waals surface area contributed by atoms with E-state index in [1.807, 2.05) is 6.20 Å². The van der Waals surface area contributed by atoms with Gasteiger partial charge in [-0.2, -0.15) is 0 Å². The predicted molar refractivity (Wildman–Crippen MR) is 80.3 cm³/mol. The van der Waals surface area contributed by atoms with Crippen LogP contribution < -0.4 is 5.32 Å². The van der Waals surface area contributed by atoms with E-state index in [1.165, 1.54) is 22.8 Å². The molecule has 0 amide bonds. The molecule has 100 valence electrons. The SMILES string of the molecule is CC(C)C1CNCCC1c1cncc2ccccc12. The number of nitrogens with zero attached hydrogens (tertiary/aromatic N) is 1. The molecule has 0 saturated carbocycles. The van der Waals surface area contributed by atoms with Crippen LogP contribution in [0.25, 0.3) is 10.8 Å². The fourth-order valence-corrected chi connectivity index (χ4v) is 3.40. The summed E-state index contributed by atoms with van der Waals surface area (Å²) in [5, 5.41) is 6.19. The Morgan fingerprint density at radius 3 is 2.89 bits per heavy atom. The molecule has 2 atom stereocenters. The van der Waals surface area contributed by atoms with Crippen molar-refractivity contribution in [2.75, 3.05) is 13.1 Å². The van der Waals surface area contributed by atoms with Gasteiger partial charge in [0.15, 0.2) is 0 Å². The van der Waals surface area contributed by atoms with Crippen molar-refractivity contribution in [1.29, 1.82) is 0 Å². The molecule has 2 heteroatoms. The lowest BCUT2D eigenvalue weighted by Crippen LogP contribution is -2.38. The van der Waals surface area contributed by atoms with Gasteiger partial charge in [0.1, 0.15) is 0 Å². The summed E-state index contributed by atoms with van der Waals surface area (Å²) in [5.74, 6) is 2.05. The smallest absolute Gasteiger partial charge is 0.0346 e. The fourth-order valence-electron chi connectivity index (χ4n) is 3.40. The van der Waals surface area contributed by atoms with Crippen LogP contribution >= 0.6 is 0 Å². The number of rotatable bonds is 2. The van der Waals surface area contributed by atoms with Gasteiger partial charge in [-0.1, -0.05) is 38.1 Å². The standard InChI is InChI=1S/C17H22N2/c1-12(2)16-10-18-8-7-15(16)17-11-19-9-13-5-3-4-6-14(13)17/h3-6,9,11-12,15-16,18H,7-8,10H2,1-2H3. The minimum atomic E-state index is 0.639. The Bertz CT molecular complexity index is 557. The Morgan fingerprint density at radius 1 is 1.21 bits per heavy atom. The Morgan fingerprint density at radius 2 is 2.05 bits per heavy atom. The molecule has 19 heavy (non-hydrogen) atoms. The second-order valence-corrected chi connectivity index (χ2v) is 5.96. The Kier molecular flexibility index (Phi) is 3.52. The number of hydrogen-bond donors (Lipinski definition) is 1. The summed E-state index contributed by atoms with van der Waals surface area (Å²) in [6, 6.07) is 8.64. The first kappa shape index (κ1) is 12.6. The summed E-state index contributed by atoms with van der Waals surface area (Å²) in [6.07, 6.45) is 5.29. The molecule has 0 aliphatic carbocycles. The number of piperidine rings is 1. The Hall–Kier alpha value is -1.41. The maximum atomic E-state index is 4.46. The fraction of sp³-hybridized carbons (Fsp3) is 0.471. The Labute approximate surface area is 115 Å². The van der Waals surface area contributed by atoms with Crippen LogP contribution in [0.15, 0.2) is 36.7 Å². The summed E-state index contributed by atoms with van der Waals surface area (Å²) < 4.78 is 0. The highest BCUT2D eigenvalue weighted by molar-refractivity contribution is 5.85. The minimum absolute atomic E-state index is 0.639. The molecule has 3 rings (SSSR count). The van der Waals surface area contributed by atoms with Crippen LogP contribution in [0, 0.1) is 11.8 Å². The second kappa shape index (κ2) is 5.30. The highest BCUT2D eigenvalue weighted by Gasteiger charge is 2.29. The van der Waals surface area contributed by atoms with E-state index in [0.717, 1.165) is 13.1 Å². The molecule has 0 radical (unpaired) electrons. The van der Waals surface area contributed by atoms with Gasteiger partial charge in [-0.15, -0.1) is 0 Å². The van der Waals surface area contributed by atoms with E-state index < -0.39 is 0 Å². The number of pyridine rings is 1. The molecular formula is C17H22N2. The second-order valence-electron chi connectivity index (χ2n) is 5.96. The van der Waals surface area contributed by atoms with Crippen LogP contribution in [0.5, 0.6) is 0 Å². The molecule has 0 spiro atoms. The van der Waals surface area contributed by atoms with Crippen molar-refractivity contribution in [1.82, 2.24) is 10.3 Å². The van der Waals surface area contributed by atoms with E-state index in [4.69, 9.17) is 0 Å². The zero-order valence-electron chi connectivity index (χ0n) is 11.8. The van der Waals surface area contributed by atoms with Gasteiger partial charge in [0, 0.05) is 17.8 Å². The maximum absolute atomic E-state index is 4.46. The largest absolute Gasteiger partial charge is 0.316 e. The summed E-state index contributed by atoms with van der Waals surface area (Å²) in [6.45, 7) is 6.93.